The van der Waals surface area contributed by atoms with Crippen molar-refractivity contribution in [2.45, 2.75) is 38.3 Å². The molecule has 0 atom stereocenters. The highest BCUT2D eigenvalue weighted by molar-refractivity contribution is 6.10. The number of anilines is 2. The Morgan fingerprint density at radius 1 is 1.08 bits per heavy atom. The number of hydrogen-bond acceptors (Lipinski definition) is 5. The van der Waals surface area contributed by atoms with Gasteiger partial charge in [-0.15, -0.1) is 0 Å². The number of ether oxygens (including phenoxy) is 1. The predicted octanol–water partition coefficient (Wildman–Crippen LogP) is 5.84. The average molecular weight is 524 g/mol. The molecule has 1 N–H and O–H groups in total. The molecule has 2 aromatic heterocycles. The van der Waals surface area contributed by atoms with E-state index in [0.29, 0.717) is 12.8 Å². The Hall–Kier alpha value is -4.34. The molecule has 2 aromatic carbocycles. The van der Waals surface area contributed by atoms with Crippen molar-refractivity contribution >= 4 is 17.5 Å². The molecule has 0 spiro atoms. The molecule has 0 saturated heterocycles. The van der Waals surface area contributed by atoms with Crippen molar-refractivity contribution in [3.8, 4) is 5.75 Å². The van der Waals surface area contributed by atoms with Gasteiger partial charge in [0.1, 0.15) is 5.75 Å². The highest BCUT2D eigenvalue weighted by Crippen LogP contribution is 2.38. The van der Waals surface area contributed by atoms with Crippen LogP contribution in [0.1, 0.15) is 51.1 Å². The largest absolute Gasteiger partial charge is 0.497 e. The molecular weight excluding hydrogens is 499 g/mol. The second-order valence-corrected chi connectivity index (χ2v) is 9.05. The molecule has 1 aliphatic rings. The maximum absolute atomic E-state index is 13.8. The number of furan rings is 1. The van der Waals surface area contributed by atoms with Gasteiger partial charge in [-0.25, -0.2) is 10.00 Å². The van der Waals surface area contributed by atoms with Gasteiger partial charge in [-0.05, 0) is 67.1 Å². The smallest absolute Gasteiger partial charge is 0.416 e. The van der Waals surface area contributed by atoms with Crippen LogP contribution in [0.4, 0.5) is 24.7 Å². The van der Waals surface area contributed by atoms with Crippen LogP contribution >= 0.6 is 0 Å². The Morgan fingerprint density at radius 2 is 1.87 bits per heavy atom. The maximum atomic E-state index is 13.8. The number of alkyl halides is 3. The molecule has 7 nitrogen and oxygen atoms in total. The zero-order valence-electron chi connectivity index (χ0n) is 20.5. The van der Waals surface area contributed by atoms with E-state index >= 15 is 0 Å². The van der Waals surface area contributed by atoms with Crippen LogP contribution in [-0.2, 0) is 25.4 Å². The van der Waals surface area contributed by atoms with Gasteiger partial charge in [-0.1, -0.05) is 12.1 Å². The van der Waals surface area contributed by atoms with Crippen molar-refractivity contribution in [3.05, 3.63) is 105 Å². The number of amides is 1. The maximum Gasteiger partial charge on any atom is 0.416 e. The summed E-state index contributed by atoms with van der Waals surface area (Å²) in [6.07, 6.45) is 0.472. The highest BCUT2D eigenvalue weighted by atomic mass is 19.4. The van der Waals surface area contributed by atoms with Crippen molar-refractivity contribution in [2.75, 3.05) is 12.0 Å². The van der Waals surface area contributed by atoms with E-state index in [9.17, 15) is 22.8 Å². The van der Waals surface area contributed by atoms with E-state index < -0.39 is 17.6 Å². The zero-order chi connectivity index (χ0) is 26.9. The summed E-state index contributed by atoms with van der Waals surface area (Å²) in [6.45, 7) is 0. The number of carbonyl (C=O) groups excluding carboxylic acids is 1. The van der Waals surface area contributed by atoms with Crippen LogP contribution in [0.5, 0.6) is 5.75 Å². The number of aromatic amines is 1. The molecular formula is C28H24F3N3O4. The number of halogens is 3. The summed E-state index contributed by atoms with van der Waals surface area (Å²) in [5, 5.41) is 6.84. The number of aromatic nitrogens is 2. The number of fused-ring (bicyclic) bond motifs is 1. The molecule has 4 aromatic rings. The summed E-state index contributed by atoms with van der Waals surface area (Å²) in [5.41, 5.74) is 2.28. The lowest BCUT2D eigenvalue weighted by molar-refractivity contribution is -0.137. The normalized spacial score (nSPS) is 13.2. The molecule has 0 aliphatic heterocycles. The molecule has 0 unspecified atom stereocenters. The van der Waals surface area contributed by atoms with Gasteiger partial charge in [-0.2, -0.15) is 18.3 Å². The Kier molecular flexibility index (Phi) is 6.79. The van der Waals surface area contributed by atoms with E-state index in [1.807, 2.05) is 6.07 Å². The molecule has 10 heteroatoms. The van der Waals surface area contributed by atoms with E-state index in [4.69, 9.17) is 9.15 Å². The minimum atomic E-state index is -4.65. The van der Waals surface area contributed by atoms with Gasteiger partial charge in [0.15, 0.2) is 0 Å². The van der Waals surface area contributed by atoms with E-state index in [-0.39, 0.29) is 28.4 Å². The molecule has 1 amide bonds. The number of nitrogens with one attached hydrogen (secondary N) is 1. The fourth-order valence-electron chi connectivity index (χ4n) is 4.75. The van der Waals surface area contributed by atoms with Crippen LogP contribution in [0.2, 0.25) is 0 Å². The summed E-state index contributed by atoms with van der Waals surface area (Å²) >= 11 is 0. The van der Waals surface area contributed by atoms with Crippen molar-refractivity contribution in [1.29, 1.82) is 0 Å². The second kappa shape index (κ2) is 10.2. The lowest BCUT2D eigenvalue weighted by atomic mass is 9.90. The first-order valence-corrected chi connectivity index (χ1v) is 12.1. The van der Waals surface area contributed by atoms with Gasteiger partial charge in [-0.3, -0.25) is 9.59 Å². The summed E-state index contributed by atoms with van der Waals surface area (Å²) < 4.78 is 51.3. The van der Waals surface area contributed by atoms with Crippen molar-refractivity contribution < 1.29 is 27.1 Å². The summed E-state index contributed by atoms with van der Waals surface area (Å²) in [4.78, 5) is 27.1. The first kappa shape index (κ1) is 25.3. The van der Waals surface area contributed by atoms with Crippen LogP contribution in [0.3, 0.4) is 0 Å². The van der Waals surface area contributed by atoms with Gasteiger partial charge in [0, 0.05) is 29.7 Å². The Labute approximate surface area is 215 Å². The third-order valence-electron chi connectivity index (χ3n) is 6.57. The van der Waals surface area contributed by atoms with Crippen molar-refractivity contribution in [3.63, 3.8) is 0 Å². The summed E-state index contributed by atoms with van der Waals surface area (Å²) in [7, 11) is 1.26. The molecule has 0 fully saturated rings. The lowest BCUT2D eigenvalue weighted by Crippen LogP contribution is -2.26. The van der Waals surface area contributed by atoms with E-state index in [2.05, 4.69) is 10.2 Å². The van der Waals surface area contributed by atoms with E-state index in [1.165, 1.54) is 25.5 Å². The summed E-state index contributed by atoms with van der Waals surface area (Å²) in [6, 6.07) is 12.9. The average Bonchev–Trinajstić information content (AvgIpc) is 3.44. The van der Waals surface area contributed by atoms with Gasteiger partial charge < -0.3 is 9.15 Å². The van der Waals surface area contributed by atoms with Crippen LogP contribution in [-0.4, -0.2) is 23.2 Å². The minimum absolute atomic E-state index is 0.0538. The summed E-state index contributed by atoms with van der Waals surface area (Å²) in [5.74, 6) is -0.584. The fourth-order valence-corrected chi connectivity index (χ4v) is 4.75. The van der Waals surface area contributed by atoms with Crippen LogP contribution in [0.25, 0.3) is 0 Å². The van der Waals surface area contributed by atoms with Gasteiger partial charge >= 0.3 is 6.18 Å². The van der Waals surface area contributed by atoms with E-state index in [0.717, 1.165) is 58.7 Å². The lowest BCUT2D eigenvalue weighted by Gasteiger charge is -2.22. The second-order valence-electron chi connectivity index (χ2n) is 9.05. The molecule has 1 aliphatic carbocycles. The SMILES string of the molecule is COc1cc(N(C(=O)c2cccc(Cc3n[nH]c(=O)c4c3CCCC4)c2)c2ccco2)cc(C(F)(F)F)c1. The number of methoxy groups -OCH3 is 1. The fraction of sp³-hybridized carbons (Fsp3) is 0.250. The number of nitrogens with zero attached hydrogens (tertiary/aromatic N) is 2. The number of hydrogen-bond donors (Lipinski definition) is 1. The Morgan fingerprint density at radius 3 is 2.58 bits per heavy atom. The third kappa shape index (κ3) is 5.06. The number of carbonyl (C=O) groups is 1. The van der Waals surface area contributed by atoms with Crippen molar-refractivity contribution in [1.82, 2.24) is 10.2 Å². The van der Waals surface area contributed by atoms with Gasteiger partial charge in [0.05, 0.1) is 30.3 Å². The molecule has 5 rings (SSSR count). The molecule has 2 heterocycles. The molecule has 196 valence electrons. The first-order chi connectivity index (χ1) is 18.2. The van der Waals surface area contributed by atoms with Crippen LogP contribution < -0.4 is 15.2 Å². The number of benzene rings is 2. The standard InChI is InChI=1S/C28H24F3N3O4/c1-37-21-15-19(28(29,30)31)14-20(16-21)34(25-10-5-11-38-25)27(36)18-7-4-6-17(12-18)13-24-22-8-2-3-9-23(22)26(35)33-32-24/h4-7,10-12,14-16H,2-3,8-9,13H2,1H3,(H,33,35). The van der Waals surface area contributed by atoms with Gasteiger partial charge in [0.25, 0.3) is 11.5 Å². The number of H-pyrrole nitrogens is 1. The van der Waals surface area contributed by atoms with Crippen LogP contribution in [0, 0.1) is 0 Å². The van der Waals surface area contributed by atoms with Crippen LogP contribution in [0.15, 0.2) is 70.1 Å². The van der Waals surface area contributed by atoms with Crippen molar-refractivity contribution in [2.24, 2.45) is 0 Å². The minimum Gasteiger partial charge on any atom is -0.497 e. The first-order valence-electron chi connectivity index (χ1n) is 12.1. The molecule has 0 bridgehead atoms. The Bertz CT molecular complexity index is 1530. The monoisotopic (exact) mass is 523 g/mol. The van der Waals surface area contributed by atoms with E-state index in [1.54, 1.807) is 24.3 Å². The topological polar surface area (TPSA) is 88.4 Å². The number of rotatable bonds is 6. The quantitative estimate of drug-likeness (QED) is 0.343. The Balaban J connectivity index is 1.53. The zero-order valence-corrected chi connectivity index (χ0v) is 20.5. The molecule has 0 radical (unpaired) electrons. The third-order valence-corrected chi connectivity index (χ3v) is 6.57. The van der Waals surface area contributed by atoms with Gasteiger partial charge in [0.2, 0.25) is 5.88 Å². The predicted molar refractivity (Wildman–Crippen MR) is 134 cm³/mol. The highest BCUT2D eigenvalue weighted by Gasteiger charge is 2.33. The molecule has 0 saturated carbocycles. The molecule has 38 heavy (non-hydrogen) atoms.